The van der Waals surface area contributed by atoms with Crippen molar-refractivity contribution in [3.05, 3.63) is 23.6 Å². The standard InChI is InChI=1S/C19H28FN5O3S/c1-17(2,3)28-16(26)24-15-19(5)9-6-10-22-29(19,27)11-18(4,25-15)14-12(20)7-8-13(21)23-14/h7-8H,6,9-11H2,1-5H3,(H2,21,23)(H,24,25,26)/t18-,19+,29+/m0/s1. The van der Waals surface area contributed by atoms with Gasteiger partial charge < -0.3 is 10.5 Å². The third-order valence-corrected chi connectivity index (χ3v) is 8.51. The normalized spacial score (nSPS) is 31.9. The summed E-state index contributed by atoms with van der Waals surface area (Å²) in [5, 5.41) is 2.67. The van der Waals surface area contributed by atoms with Crippen molar-refractivity contribution in [3.63, 3.8) is 0 Å². The number of carbonyl (C=O) groups excluding carboxylic acids is 1. The lowest BCUT2D eigenvalue weighted by molar-refractivity contribution is 0.0560. The smallest absolute Gasteiger partial charge is 0.413 e. The second-order valence-corrected chi connectivity index (χ2v) is 11.6. The number of hydrogen-bond acceptors (Lipinski definition) is 7. The lowest BCUT2D eigenvalue weighted by atomic mass is 9.96. The Kier molecular flexibility index (Phi) is 5.13. The maximum absolute atomic E-state index is 14.6. The molecule has 1 aromatic rings. The highest BCUT2D eigenvalue weighted by molar-refractivity contribution is 7.95. The number of aromatic nitrogens is 1. The molecule has 0 aromatic carbocycles. The molecule has 3 N–H and O–H groups in total. The molecule has 160 valence electrons. The summed E-state index contributed by atoms with van der Waals surface area (Å²) in [7, 11) is -2.88. The van der Waals surface area contributed by atoms with Crippen molar-refractivity contribution in [2.24, 2.45) is 9.36 Å². The van der Waals surface area contributed by atoms with Crippen LogP contribution in [0.3, 0.4) is 0 Å². The van der Waals surface area contributed by atoms with Crippen molar-refractivity contribution in [1.82, 2.24) is 10.3 Å². The Labute approximate surface area is 170 Å². The highest BCUT2D eigenvalue weighted by Gasteiger charge is 2.53. The van der Waals surface area contributed by atoms with E-state index in [4.69, 9.17) is 10.5 Å². The van der Waals surface area contributed by atoms with Gasteiger partial charge in [0, 0.05) is 6.54 Å². The number of nitrogens with two attached hydrogens (primary N) is 1. The fourth-order valence-corrected chi connectivity index (χ4v) is 6.64. The van der Waals surface area contributed by atoms with Crippen molar-refractivity contribution in [2.75, 3.05) is 18.0 Å². The Morgan fingerprint density at radius 3 is 2.69 bits per heavy atom. The van der Waals surface area contributed by atoms with E-state index in [1.54, 1.807) is 34.6 Å². The molecule has 3 atom stereocenters. The van der Waals surface area contributed by atoms with E-state index in [1.165, 1.54) is 12.1 Å². The van der Waals surface area contributed by atoms with Gasteiger partial charge in [0.15, 0.2) is 0 Å². The van der Waals surface area contributed by atoms with Crippen molar-refractivity contribution in [2.45, 2.75) is 63.3 Å². The maximum atomic E-state index is 14.6. The predicted molar refractivity (Wildman–Crippen MR) is 111 cm³/mol. The summed E-state index contributed by atoms with van der Waals surface area (Å²) in [4.78, 5) is 21.3. The molecule has 10 heteroatoms. The van der Waals surface area contributed by atoms with Gasteiger partial charge in [-0.15, -0.1) is 0 Å². The van der Waals surface area contributed by atoms with Gasteiger partial charge in [0.25, 0.3) is 0 Å². The van der Waals surface area contributed by atoms with Crippen LogP contribution in [-0.2, 0) is 20.0 Å². The van der Waals surface area contributed by atoms with Gasteiger partial charge in [0.05, 0.1) is 15.5 Å². The maximum Gasteiger partial charge on any atom is 0.413 e. The Balaban J connectivity index is 2.15. The van der Waals surface area contributed by atoms with Crippen LogP contribution in [0.1, 0.15) is 53.2 Å². The minimum Gasteiger partial charge on any atom is -0.444 e. The number of fused-ring (bicyclic) bond motifs is 1. The average Bonchev–Trinajstić information content (AvgIpc) is 2.56. The molecule has 2 aliphatic rings. The Bertz CT molecular complexity index is 996. The van der Waals surface area contributed by atoms with Gasteiger partial charge in [-0.25, -0.2) is 22.7 Å². The molecule has 0 bridgehead atoms. The van der Waals surface area contributed by atoms with Crippen LogP contribution in [0.5, 0.6) is 0 Å². The highest BCUT2D eigenvalue weighted by Crippen LogP contribution is 2.42. The van der Waals surface area contributed by atoms with Crippen LogP contribution >= 0.6 is 0 Å². The summed E-state index contributed by atoms with van der Waals surface area (Å²) in [6.45, 7) is 9.07. The number of aliphatic imine (C=N–C) groups is 1. The van der Waals surface area contributed by atoms with Crippen molar-refractivity contribution in [3.8, 4) is 0 Å². The Morgan fingerprint density at radius 1 is 1.34 bits per heavy atom. The lowest BCUT2D eigenvalue weighted by Crippen LogP contribution is -2.60. The van der Waals surface area contributed by atoms with Crippen LogP contribution in [0, 0.1) is 5.82 Å². The number of carbonyl (C=O) groups is 1. The monoisotopic (exact) mass is 425 g/mol. The zero-order valence-corrected chi connectivity index (χ0v) is 18.2. The van der Waals surface area contributed by atoms with E-state index in [9.17, 15) is 13.4 Å². The topological polar surface area (TPSA) is 119 Å². The second-order valence-electron chi connectivity index (χ2n) is 8.90. The summed E-state index contributed by atoms with van der Waals surface area (Å²) in [6.07, 6.45) is 0.534. The van der Waals surface area contributed by atoms with E-state index in [1.807, 2.05) is 0 Å². The van der Waals surface area contributed by atoms with Gasteiger partial charge in [0.2, 0.25) is 0 Å². The fourth-order valence-electron chi connectivity index (χ4n) is 3.70. The predicted octanol–water partition coefficient (Wildman–Crippen LogP) is 2.98. The van der Waals surface area contributed by atoms with Crippen molar-refractivity contribution in [1.29, 1.82) is 0 Å². The SMILES string of the molecule is CC(C)(C)OC(=O)NC1=N[C@](C)(c2nc(N)ccc2F)C[S@]2(=O)=NCCC[C@]12C. The first-order valence-electron chi connectivity index (χ1n) is 9.51. The number of ether oxygens (including phenoxy) is 1. The van der Waals surface area contributed by atoms with E-state index in [0.29, 0.717) is 19.4 Å². The molecule has 0 saturated carbocycles. The molecule has 1 amide bonds. The first-order valence-corrected chi connectivity index (χ1v) is 11.2. The van der Waals surface area contributed by atoms with E-state index >= 15 is 0 Å². The number of amides is 1. The van der Waals surface area contributed by atoms with E-state index in [2.05, 4.69) is 19.7 Å². The molecule has 0 radical (unpaired) electrons. The first-order chi connectivity index (χ1) is 13.3. The molecule has 0 spiro atoms. The number of nitrogens with one attached hydrogen (secondary N) is 1. The number of anilines is 1. The zero-order valence-electron chi connectivity index (χ0n) is 17.4. The number of nitrogens with zero attached hydrogens (tertiary/aromatic N) is 3. The van der Waals surface area contributed by atoms with Gasteiger partial charge in [0.1, 0.15) is 39.1 Å². The molecular formula is C19H28FN5O3S. The van der Waals surface area contributed by atoms with Gasteiger partial charge in [-0.3, -0.25) is 10.3 Å². The Morgan fingerprint density at radius 2 is 2.03 bits per heavy atom. The average molecular weight is 426 g/mol. The van der Waals surface area contributed by atoms with E-state index < -0.39 is 37.5 Å². The quantitative estimate of drug-likeness (QED) is 0.717. The number of halogens is 1. The van der Waals surface area contributed by atoms with Gasteiger partial charge in [-0.05, 0) is 59.6 Å². The molecule has 3 rings (SSSR count). The first kappa shape index (κ1) is 21.5. The molecule has 3 heterocycles. The van der Waals surface area contributed by atoms with Crippen LogP contribution < -0.4 is 11.1 Å². The van der Waals surface area contributed by atoms with Crippen LogP contribution in [0.2, 0.25) is 0 Å². The van der Waals surface area contributed by atoms with Gasteiger partial charge in [-0.2, -0.15) is 0 Å². The number of nitrogen functional groups attached to an aromatic ring is 1. The minimum atomic E-state index is -2.88. The number of alkyl carbamates (subject to hydrolysis) is 1. The summed E-state index contributed by atoms with van der Waals surface area (Å²) in [5.74, 6) is -0.311. The molecular weight excluding hydrogens is 397 g/mol. The van der Waals surface area contributed by atoms with Crippen molar-refractivity contribution >= 4 is 27.5 Å². The molecule has 2 aliphatic heterocycles. The summed E-state index contributed by atoms with van der Waals surface area (Å²) < 4.78 is 37.4. The number of amidine groups is 1. The van der Waals surface area contributed by atoms with E-state index in [-0.39, 0.29) is 23.1 Å². The highest BCUT2D eigenvalue weighted by atomic mass is 32.2. The van der Waals surface area contributed by atoms with Crippen LogP contribution in [0.15, 0.2) is 21.5 Å². The zero-order chi connectivity index (χ0) is 21.7. The molecule has 0 unspecified atom stereocenters. The van der Waals surface area contributed by atoms with Gasteiger partial charge in [-0.1, -0.05) is 0 Å². The molecule has 0 fully saturated rings. The summed E-state index contributed by atoms with van der Waals surface area (Å²) in [5.41, 5.74) is 3.71. The fraction of sp³-hybridized carbons (Fsp3) is 0.632. The molecule has 8 nitrogen and oxygen atoms in total. The number of pyridine rings is 1. The number of hydrogen-bond donors (Lipinski definition) is 2. The summed E-state index contributed by atoms with van der Waals surface area (Å²) >= 11 is 0. The second kappa shape index (κ2) is 6.93. The third-order valence-electron chi connectivity index (χ3n) is 5.15. The van der Waals surface area contributed by atoms with Crippen LogP contribution in [0.25, 0.3) is 0 Å². The van der Waals surface area contributed by atoms with Crippen molar-refractivity contribution < 1.29 is 18.1 Å². The molecule has 0 aliphatic carbocycles. The number of rotatable bonds is 1. The Hall–Kier alpha value is -2.23. The van der Waals surface area contributed by atoms with Gasteiger partial charge >= 0.3 is 6.09 Å². The van der Waals surface area contributed by atoms with E-state index in [0.717, 1.165) is 0 Å². The minimum absolute atomic E-state index is 0.0105. The molecule has 1 aromatic heterocycles. The third kappa shape index (κ3) is 3.94. The van der Waals surface area contributed by atoms with Crippen LogP contribution in [0.4, 0.5) is 15.0 Å². The summed E-state index contributed by atoms with van der Waals surface area (Å²) in [6, 6.07) is 2.56. The van der Waals surface area contributed by atoms with Crippen LogP contribution in [-0.4, -0.2) is 43.8 Å². The largest absolute Gasteiger partial charge is 0.444 e. The molecule has 29 heavy (non-hydrogen) atoms. The molecule has 0 saturated heterocycles. The lowest BCUT2D eigenvalue weighted by Gasteiger charge is -2.44.